The third-order valence-electron chi connectivity index (χ3n) is 5.05. The molecule has 0 aliphatic rings. The van der Waals surface area contributed by atoms with Gasteiger partial charge in [-0.05, 0) is 67.1 Å². The van der Waals surface area contributed by atoms with Gasteiger partial charge in [-0.3, -0.25) is 9.59 Å². The van der Waals surface area contributed by atoms with Gasteiger partial charge in [0.25, 0.3) is 5.91 Å². The van der Waals surface area contributed by atoms with Gasteiger partial charge in [0.05, 0.1) is 25.9 Å². The molecule has 202 valence electrons. The van der Waals surface area contributed by atoms with Gasteiger partial charge >= 0.3 is 12.1 Å². The van der Waals surface area contributed by atoms with E-state index in [1.807, 2.05) is 0 Å². The maximum Gasteiger partial charge on any atom is 0.397 e. The molecule has 0 aromatic heterocycles. The second kappa shape index (κ2) is 13.4. The summed E-state index contributed by atoms with van der Waals surface area (Å²) in [6, 6.07) is 15.9. The van der Waals surface area contributed by atoms with Crippen molar-refractivity contribution in [3.63, 3.8) is 0 Å². The Morgan fingerprint density at radius 1 is 0.974 bits per heavy atom. The number of carbonyl (C=O) groups excluding carboxylic acids is 2. The Balaban J connectivity index is 1.88. The molecule has 3 aromatic rings. The van der Waals surface area contributed by atoms with E-state index in [4.69, 9.17) is 25.8 Å². The molecule has 0 atom stereocenters. The maximum absolute atomic E-state index is 12.8. The van der Waals surface area contributed by atoms with Crippen molar-refractivity contribution in [1.29, 1.82) is 0 Å². The van der Waals surface area contributed by atoms with Crippen molar-refractivity contribution in [2.75, 3.05) is 24.8 Å². The van der Waals surface area contributed by atoms with E-state index in [-0.39, 0.29) is 30.3 Å². The lowest BCUT2D eigenvalue weighted by Crippen LogP contribution is -2.12. The first-order valence-corrected chi connectivity index (χ1v) is 13.0. The van der Waals surface area contributed by atoms with E-state index in [0.29, 0.717) is 44.9 Å². The molecule has 6 nitrogen and oxygen atoms in total. The molecule has 38 heavy (non-hydrogen) atoms. The molecular weight excluding hydrogens is 543 g/mol. The number of esters is 1. The molecule has 0 aliphatic heterocycles. The van der Waals surface area contributed by atoms with Crippen molar-refractivity contribution in [3.05, 3.63) is 82.4 Å². The van der Waals surface area contributed by atoms with E-state index in [2.05, 4.69) is 5.32 Å². The number of halogens is 4. The van der Waals surface area contributed by atoms with Gasteiger partial charge in [0.2, 0.25) is 0 Å². The van der Waals surface area contributed by atoms with Gasteiger partial charge in [-0.1, -0.05) is 17.7 Å². The van der Waals surface area contributed by atoms with Gasteiger partial charge in [-0.25, -0.2) is 0 Å². The van der Waals surface area contributed by atoms with Crippen LogP contribution in [0.4, 0.5) is 18.9 Å². The first-order chi connectivity index (χ1) is 18.1. The number of methoxy groups -OCH3 is 1. The highest BCUT2D eigenvalue weighted by Crippen LogP contribution is 2.37. The van der Waals surface area contributed by atoms with Crippen LogP contribution in [0.2, 0.25) is 5.02 Å². The summed E-state index contributed by atoms with van der Waals surface area (Å²) in [4.78, 5) is 24.5. The molecule has 0 saturated heterocycles. The van der Waals surface area contributed by atoms with Gasteiger partial charge < -0.3 is 19.5 Å². The average molecular weight is 568 g/mol. The third kappa shape index (κ3) is 8.88. The van der Waals surface area contributed by atoms with Gasteiger partial charge in [0, 0.05) is 27.6 Å². The predicted octanol–water partition coefficient (Wildman–Crippen LogP) is 7.29. The first kappa shape index (κ1) is 29.2. The summed E-state index contributed by atoms with van der Waals surface area (Å²) in [5.74, 6) is -0.987. The lowest BCUT2D eigenvalue weighted by molar-refractivity contribution is -0.142. The van der Waals surface area contributed by atoms with Gasteiger partial charge in [0.1, 0.15) is 5.75 Å². The molecule has 11 heteroatoms. The molecule has 0 bridgehead atoms. The summed E-state index contributed by atoms with van der Waals surface area (Å²) < 4.78 is 54.8. The van der Waals surface area contributed by atoms with Crippen LogP contribution >= 0.6 is 23.4 Å². The number of hydrogen-bond acceptors (Lipinski definition) is 6. The Hall–Kier alpha value is -3.37. The molecule has 0 aliphatic carbocycles. The SMILES string of the molecule is CCOC(=O)Cc1ccc(OC)c(Oc2ccc(NC(=O)c3ccc(Cl)cc3)cc2CSCC(F)(F)F)c1. The number of hydrogen-bond donors (Lipinski definition) is 1. The van der Waals surface area contributed by atoms with E-state index in [0.717, 1.165) is 0 Å². The number of benzene rings is 3. The Morgan fingerprint density at radius 3 is 2.34 bits per heavy atom. The van der Waals surface area contributed by atoms with Crippen molar-refractivity contribution >= 4 is 40.9 Å². The standard InChI is InChI=1S/C27H25ClF3NO5S/c1-3-36-25(33)13-17-4-10-23(35-2)24(12-17)37-22-11-9-21(14-19(22)15-38-16-27(29,30)31)32-26(34)18-5-7-20(28)8-6-18/h4-12,14H,3,13,15-16H2,1-2H3,(H,32,34). The van der Waals surface area contributed by atoms with Crippen LogP contribution in [-0.4, -0.2) is 37.5 Å². The molecular formula is C27H25ClF3NO5S. The monoisotopic (exact) mass is 567 g/mol. The smallest absolute Gasteiger partial charge is 0.397 e. The molecule has 1 amide bonds. The van der Waals surface area contributed by atoms with Crippen molar-refractivity contribution < 1.29 is 37.0 Å². The van der Waals surface area contributed by atoms with Crippen LogP contribution in [0.15, 0.2) is 60.7 Å². The fourth-order valence-electron chi connectivity index (χ4n) is 3.36. The van der Waals surface area contributed by atoms with E-state index in [1.54, 1.807) is 67.6 Å². The molecule has 0 radical (unpaired) electrons. The van der Waals surface area contributed by atoms with Crippen LogP contribution in [0.25, 0.3) is 0 Å². The number of alkyl halides is 3. The van der Waals surface area contributed by atoms with E-state index < -0.39 is 23.8 Å². The minimum absolute atomic E-state index is 0.0121. The van der Waals surface area contributed by atoms with Crippen LogP contribution in [0.3, 0.4) is 0 Å². The first-order valence-electron chi connectivity index (χ1n) is 11.4. The summed E-state index contributed by atoms with van der Waals surface area (Å²) in [6.45, 7) is 1.96. The Kier molecular flexibility index (Phi) is 10.3. The second-order valence-electron chi connectivity index (χ2n) is 7.96. The minimum atomic E-state index is -4.34. The summed E-state index contributed by atoms with van der Waals surface area (Å²) in [6.07, 6.45) is -4.32. The number of anilines is 1. The summed E-state index contributed by atoms with van der Waals surface area (Å²) in [5.41, 5.74) is 1.78. The number of carbonyl (C=O) groups is 2. The van der Waals surface area contributed by atoms with Crippen LogP contribution in [-0.2, 0) is 21.7 Å². The summed E-state index contributed by atoms with van der Waals surface area (Å²) >= 11 is 6.54. The van der Waals surface area contributed by atoms with Crippen LogP contribution in [0, 0.1) is 0 Å². The second-order valence-corrected chi connectivity index (χ2v) is 9.38. The zero-order valence-electron chi connectivity index (χ0n) is 20.6. The van der Waals surface area contributed by atoms with E-state index >= 15 is 0 Å². The molecule has 0 heterocycles. The molecule has 0 unspecified atom stereocenters. The van der Waals surface area contributed by atoms with E-state index in [9.17, 15) is 22.8 Å². The Morgan fingerprint density at radius 2 is 1.68 bits per heavy atom. The Bertz CT molecular complexity index is 1270. The van der Waals surface area contributed by atoms with Crippen molar-refractivity contribution in [1.82, 2.24) is 0 Å². The fourth-order valence-corrected chi connectivity index (χ4v) is 4.26. The van der Waals surface area contributed by atoms with E-state index in [1.165, 1.54) is 7.11 Å². The largest absolute Gasteiger partial charge is 0.493 e. The highest BCUT2D eigenvalue weighted by molar-refractivity contribution is 7.98. The third-order valence-corrected chi connectivity index (χ3v) is 6.35. The number of rotatable bonds is 11. The molecule has 3 aromatic carbocycles. The van der Waals surface area contributed by atoms with Crippen LogP contribution < -0.4 is 14.8 Å². The molecule has 1 N–H and O–H groups in total. The Labute approximate surface area is 227 Å². The zero-order valence-corrected chi connectivity index (χ0v) is 22.1. The lowest BCUT2D eigenvalue weighted by atomic mass is 10.1. The van der Waals surface area contributed by atoms with Crippen LogP contribution in [0.5, 0.6) is 17.2 Å². The van der Waals surface area contributed by atoms with Gasteiger partial charge in [-0.15, -0.1) is 11.8 Å². The quantitative estimate of drug-likeness (QED) is 0.245. The summed E-state index contributed by atoms with van der Waals surface area (Å²) in [7, 11) is 1.45. The van der Waals surface area contributed by atoms with Crippen molar-refractivity contribution in [2.24, 2.45) is 0 Å². The van der Waals surface area contributed by atoms with Crippen molar-refractivity contribution in [2.45, 2.75) is 25.3 Å². The average Bonchev–Trinajstić information content (AvgIpc) is 2.85. The van der Waals surface area contributed by atoms with Crippen LogP contribution in [0.1, 0.15) is 28.4 Å². The molecule has 0 saturated carbocycles. The van der Waals surface area contributed by atoms with Gasteiger partial charge in [0.15, 0.2) is 11.5 Å². The normalized spacial score (nSPS) is 11.1. The van der Waals surface area contributed by atoms with Crippen molar-refractivity contribution in [3.8, 4) is 17.2 Å². The summed E-state index contributed by atoms with van der Waals surface area (Å²) in [5, 5.41) is 3.22. The molecule has 0 spiro atoms. The van der Waals surface area contributed by atoms with Gasteiger partial charge in [-0.2, -0.15) is 13.2 Å². The molecule has 0 fully saturated rings. The topological polar surface area (TPSA) is 73.9 Å². The highest BCUT2D eigenvalue weighted by Gasteiger charge is 2.27. The number of thioether (sulfide) groups is 1. The molecule has 3 rings (SSSR count). The number of ether oxygens (including phenoxy) is 3. The fraction of sp³-hybridized carbons (Fsp3) is 0.259. The number of amides is 1. The zero-order chi connectivity index (χ0) is 27.7. The lowest BCUT2D eigenvalue weighted by Gasteiger charge is -2.16. The predicted molar refractivity (Wildman–Crippen MR) is 141 cm³/mol. The highest BCUT2D eigenvalue weighted by atomic mass is 35.5. The number of nitrogens with one attached hydrogen (secondary N) is 1. The maximum atomic E-state index is 12.8. The minimum Gasteiger partial charge on any atom is -0.493 e.